The molecule has 0 unspecified atom stereocenters. The average Bonchev–Trinajstić information content (AvgIpc) is 2.84. The van der Waals surface area contributed by atoms with Gasteiger partial charge in [-0.1, -0.05) is 20.8 Å². The number of hydrogen-bond donors (Lipinski definition) is 1. The molecule has 1 aliphatic carbocycles. The molecule has 0 aromatic heterocycles. The second-order valence-electron chi connectivity index (χ2n) is 7.36. The highest BCUT2D eigenvalue weighted by atomic mass is 16.2. The van der Waals surface area contributed by atoms with E-state index in [2.05, 4.69) is 25.7 Å². The lowest BCUT2D eigenvalue weighted by Crippen LogP contribution is -2.41. The average molecular weight is 252 g/mol. The molecule has 1 heterocycles. The second-order valence-corrected chi connectivity index (χ2v) is 7.36. The Kier molecular flexibility index (Phi) is 4.00. The van der Waals surface area contributed by atoms with Crippen LogP contribution in [0.15, 0.2) is 0 Å². The minimum Gasteiger partial charge on any atom is -0.339 e. The molecule has 2 N–H and O–H groups in total. The highest BCUT2D eigenvalue weighted by molar-refractivity contribution is 5.79. The van der Waals surface area contributed by atoms with Crippen LogP contribution in [-0.4, -0.2) is 29.4 Å². The summed E-state index contributed by atoms with van der Waals surface area (Å²) in [4.78, 5) is 14.7. The molecule has 3 nitrogen and oxygen atoms in total. The van der Waals surface area contributed by atoms with Crippen molar-refractivity contribution in [2.45, 2.75) is 71.4 Å². The van der Waals surface area contributed by atoms with E-state index < -0.39 is 0 Å². The van der Waals surface area contributed by atoms with E-state index in [0.717, 1.165) is 32.2 Å². The van der Waals surface area contributed by atoms with Gasteiger partial charge in [-0.15, -0.1) is 0 Å². The zero-order chi connectivity index (χ0) is 13.3. The third-order valence-corrected chi connectivity index (χ3v) is 4.33. The molecule has 3 heteroatoms. The van der Waals surface area contributed by atoms with Gasteiger partial charge in [-0.3, -0.25) is 4.79 Å². The first kappa shape index (κ1) is 13.9. The van der Waals surface area contributed by atoms with Crippen molar-refractivity contribution in [1.29, 1.82) is 0 Å². The van der Waals surface area contributed by atoms with Gasteiger partial charge in [0.25, 0.3) is 0 Å². The Balaban J connectivity index is 1.96. The molecule has 0 bridgehead atoms. The first-order chi connectivity index (χ1) is 8.37. The fourth-order valence-corrected chi connectivity index (χ4v) is 3.52. The maximum absolute atomic E-state index is 12.6. The van der Waals surface area contributed by atoms with E-state index in [1.807, 2.05) is 0 Å². The number of nitrogens with two attached hydrogens (primary N) is 1. The van der Waals surface area contributed by atoms with Crippen molar-refractivity contribution < 1.29 is 4.79 Å². The van der Waals surface area contributed by atoms with E-state index >= 15 is 0 Å². The smallest absolute Gasteiger partial charge is 0.225 e. The second kappa shape index (κ2) is 5.20. The maximum Gasteiger partial charge on any atom is 0.225 e. The minimum atomic E-state index is 0.209. The summed E-state index contributed by atoms with van der Waals surface area (Å²) in [6, 6.07) is 0.719. The van der Waals surface area contributed by atoms with Crippen molar-refractivity contribution in [3.8, 4) is 0 Å². The van der Waals surface area contributed by atoms with Gasteiger partial charge in [0.05, 0.1) is 0 Å². The van der Waals surface area contributed by atoms with Crippen LogP contribution in [0.2, 0.25) is 0 Å². The summed E-state index contributed by atoms with van der Waals surface area (Å²) in [5.74, 6) is 0.593. The molecule has 0 radical (unpaired) electrons. The van der Waals surface area contributed by atoms with Crippen molar-refractivity contribution in [2.24, 2.45) is 17.1 Å². The standard InChI is InChI=1S/C15H28N2O/c1-15(2,3)10-13-5-4-8-17(13)14(18)11-6-7-12(16)9-11/h11-13H,4-10,16H2,1-3H3/t11-,12+,13-/m0/s1. The molecule has 1 amide bonds. The molecule has 2 fully saturated rings. The Bertz CT molecular complexity index is 308. The van der Waals surface area contributed by atoms with E-state index in [4.69, 9.17) is 5.73 Å². The summed E-state index contributed by atoms with van der Waals surface area (Å²) >= 11 is 0. The van der Waals surface area contributed by atoms with E-state index in [1.54, 1.807) is 0 Å². The van der Waals surface area contributed by atoms with Crippen LogP contribution in [0.5, 0.6) is 0 Å². The van der Waals surface area contributed by atoms with Crippen molar-refractivity contribution >= 4 is 5.91 Å². The summed E-state index contributed by atoms with van der Waals surface area (Å²) in [6.07, 6.45) is 6.40. The van der Waals surface area contributed by atoms with Gasteiger partial charge in [0.15, 0.2) is 0 Å². The monoisotopic (exact) mass is 252 g/mol. The molecule has 1 saturated heterocycles. The number of carbonyl (C=O) groups excluding carboxylic acids is 1. The van der Waals surface area contributed by atoms with Gasteiger partial charge in [-0.2, -0.15) is 0 Å². The lowest BCUT2D eigenvalue weighted by atomic mass is 9.87. The van der Waals surface area contributed by atoms with Crippen molar-refractivity contribution in [3.05, 3.63) is 0 Å². The summed E-state index contributed by atoms with van der Waals surface area (Å²) < 4.78 is 0. The molecular formula is C15H28N2O. The third kappa shape index (κ3) is 3.25. The summed E-state index contributed by atoms with van der Waals surface area (Å²) in [5.41, 5.74) is 6.23. The number of rotatable bonds is 2. The Hall–Kier alpha value is -0.570. The van der Waals surface area contributed by atoms with Crippen LogP contribution in [0.4, 0.5) is 0 Å². The summed E-state index contributed by atoms with van der Waals surface area (Å²) in [5, 5.41) is 0. The number of carbonyl (C=O) groups is 1. The first-order valence-electron chi connectivity index (χ1n) is 7.43. The number of hydrogen-bond acceptors (Lipinski definition) is 2. The molecule has 3 atom stereocenters. The highest BCUT2D eigenvalue weighted by Crippen LogP contribution is 2.33. The summed E-state index contributed by atoms with van der Waals surface area (Å²) in [6.45, 7) is 7.75. The summed E-state index contributed by atoms with van der Waals surface area (Å²) in [7, 11) is 0. The van der Waals surface area contributed by atoms with Gasteiger partial charge in [0.1, 0.15) is 0 Å². The van der Waals surface area contributed by atoms with E-state index in [9.17, 15) is 4.79 Å². The Morgan fingerprint density at radius 3 is 2.56 bits per heavy atom. The zero-order valence-corrected chi connectivity index (χ0v) is 12.1. The topological polar surface area (TPSA) is 46.3 Å². The molecule has 0 spiro atoms. The van der Waals surface area contributed by atoms with Crippen molar-refractivity contribution in [3.63, 3.8) is 0 Å². The van der Waals surface area contributed by atoms with E-state index in [1.165, 1.54) is 12.8 Å². The van der Waals surface area contributed by atoms with Gasteiger partial charge in [-0.05, 0) is 43.9 Å². The van der Waals surface area contributed by atoms with Crippen LogP contribution in [0.3, 0.4) is 0 Å². The zero-order valence-electron chi connectivity index (χ0n) is 12.1. The molecule has 0 aromatic carbocycles. The Labute approximate surface area is 111 Å². The molecule has 104 valence electrons. The Morgan fingerprint density at radius 1 is 1.28 bits per heavy atom. The molecule has 1 saturated carbocycles. The largest absolute Gasteiger partial charge is 0.339 e. The Morgan fingerprint density at radius 2 is 2.00 bits per heavy atom. The SMILES string of the molecule is CC(C)(C)C[C@@H]1CCCN1C(=O)[C@H]1CC[C@@H](N)C1. The molecule has 18 heavy (non-hydrogen) atoms. The molecule has 2 rings (SSSR count). The lowest BCUT2D eigenvalue weighted by molar-refractivity contribution is -0.136. The van der Waals surface area contributed by atoms with Crippen LogP contribution < -0.4 is 5.73 Å². The normalized spacial score (nSPS) is 33.1. The fraction of sp³-hybridized carbons (Fsp3) is 0.933. The fourth-order valence-electron chi connectivity index (χ4n) is 3.52. The van der Waals surface area contributed by atoms with E-state index in [0.29, 0.717) is 17.4 Å². The molecule has 0 aromatic rings. The van der Waals surface area contributed by atoms with Crippen LogP contribution in [0.1, 0.15) is 59.3 Å². The van der Waals surface area contributed by atoms with Crippen LogP contribution in [0.25, 0.3) is 0 Å². The lowest BCUT2D eigenvalue weighted by Gasteiger charge is -2.32. The quantitative estimate of drug-likeness (QED) is 0.821. The van der Waals surface area contributed by atoms with Gasteiger partial charge in [0, 0.05) is 24.5 Å². The van der Waals surface area contributed by atoms with Crippen molar-refractivity contribution in [1.82, 2.24) is 4.90 Å². The van der Waals surface area contributed by atoms with E-state index in [-0.39, 0.29) is 12.0 Å². The van der Waals surface area contributed by atoms with Crippen LogP contribution >= 0.6 is 0 Å². The van der Waals surface area contributed by atoms with Crippen LogP contribution in [-0.2, 0) is 4.79 Å². The third-order valence-electron chi connectivity index (χ3n) is 4.33. The van der Waals surface area contributed by atoms with Gasteiger partial charge >= 0.3 is 0 Å². The molecule has 1 aliphatic heterocycles. The van der Waals surface area contributed by atoms with Gasteiger partial charge in [-0.25, -0.2) is 0 Å². The van der Waals surface area contributed by atoms with Gasteiger partial charge < -0.3 is 10.6 Å². The van der Waals surface area contributed by atoms with Crippen molar-refractivity contribution in [2.75, 3.05) is 6.54 Å². The molecule has 2 aliphatic rings. The molecular weight excluding hydrogens is 224 g/mol. The predicted molar refractivity (Wildman–Crippen MR) is 74.1 cm³/mol. The highest BCUT2D eigenvalue weighted by Gasteiger charge is 2.37. The van der Waals surface area contributed by atoms with Gasteiger partial charge in [0.2, 0.25) is 5.91 Å². The van der Waals surface area contributed by atoms with Crippen LogP contribution in [0, 0.1) is 11.3 Å². The number of nitrogens with zero attached hydrogens (tertiary/aromatic N) is 1. The maximum atomic E-state index is 12.6. The number of likely N-dealkylation sites (tertiary alicyclic amines) is 1. The minimum absolute atomic E-state index is 0.209. The number of amides is 1. The predicted octanol–water partition coefficient (Wildman–Crippen LogP) is 2.54. The first-order valence-corrected chi connectivity index (χ1v) is 7.43.